The van der Waals surface area contributed by atoms with Crippen LogP contribution in [0.1, 0.15) is 12.5 Å². The first-order chi connectivity index (χ1) is 12.1. The third-order valence-electron chi connectivity index (χ3n) is 3.15. The third-order valence-corrected chi connectivity index (χ3v) is 3.42. The zero-order valence-corrected chi connectivity index (χ0v) is 14.1. The van der Waals surface area contributed by atoms with E-state index in [0.29, 0.717) is 28.2 Å². The van der Waals surface area contributed by atoms with E-state index < -0.39 is 34.8 Å². The minimum atomic E-state index is -4.71. The number of hydrogen-bond donors (Lipinski definition) is 2. The van der Waals surface area contributed by atoms with Crippen LogP contribution in [0.2, 0.25) is 5.02 Å². The molecule has 1 aromatic heterocycles. The van der Waals surface area contributed by atoms with Gasteiger partial charge in [-0.2, -0.15) is 13.2 Å². The SMILES string of the molecule is CC(=O)Nc1cccc(NC(=O)Cn2cc(C(F)(F)F)cc(Cl)c2=O)c1. The van der Waals surface area contributed by atoms with Gasteiger partial charge in [0.1, 0.15) is 11.6 Å². The van der Waals surface area contributed by atoms with E-state index in [-0.39, 0.29) is 5.91 Å². The Balaban J connectivity index is 2.19. The lowest BCUT2D eigenvalue weighted by Crippen LogP contribution is -2.29. The van der Waals surface area contributed by atoms with Crippen molar-refractivity contribution in [2.75, 3.05) is 10.6 Å². The summed E-state index contributed by atoms with van der Waals surface area (Å²) in [5.74, 6) is -1.04. The zero-order valence-electron chi connectivity index (χ0n) is 13.4. The number of alkyl halides is 3. The molecule has 6 nitrogen and oxygen atoms in total. The van der Waals surface area contributed by atoms with Crippen LogP contribution in [-0.2, 0) is 22.3 Å². The van der Waals surface area contributed by atoms with Crippen molar-refractivity contribution < 1.29 is 22.8 Å². The van der Waals surface area contributed by atoms with Gasteiger partial charge >= 0.3 is 6.18 Å². The molecule has 1 heterocycles. The number of carbonyl (C=O) groups is 2. The summed E-state index contributed by atoms with van der Waals surface area (Å²) in [4.78, 5) is 34.9. The van der Waals surface area contributed by atoms with Crippen LogP contribution >= 0.6 is 11.6 Å². The molecule has 0 spiro atoms. The van der Waals surface area contributed by atoms with Crippen LogP contribution in [0.3, 0.4) is 0 Å². The Morgan fingerprint density at radius 1 is 1.15 bits per heavy atom. The lowest BCUT2D eigenvalue weighted by Gasteiger charge is -2.12. The maximum atomic E-state index is 12.8. The van der Waals surface area contributed by atoms with Gasteiger partial charge in [-0.05, 0) is 24.3 Å². The molecule has 26 heavy (non-hydrogen) atoms. The summed E-state index contributed by atoms with van der Waals surface area (Å²) in [6.45, 7) is 0.655. The van der Waals surface area contributed by atoms with Crippen molar-refractivity contribution in [2.45, 2.75) is 19.6 Å². The van der Waals surface area contributed by atoms with Crippen LogP contribution in [0, 0.1) is 0 Å². The Bertz CT molecular complexity index is 910. The molecule has 0 fully saturated rings. The number of benzene rings is 1. The van der Waals surface area contributed by atoms with Gasteiger partial charge in [0, 0.05) is 24.5 Å². The van der Waals surface area contributed by atoms with E-state index in [9.17, 15) is 27.6 Å². The topological polar surface area (TPSA) is 80.2 Å². The molecule has 0 atom stereocenters. The smallest absolute Gasteiger partial charge is 0.326 e. The molecule has 0 saturated heterocycles. The lowest BCUT2D eigenvalue weighted by atomic mass is 10.2. The fraction of sp³-hybridized carbons (Fsp3) is 0.188. The molecular formula is C16H13ClF3N3O3. The lowest BCUT2D eigenvalue weighted by molar-refractivity contribution is -0.138. The van der Waals surface area contributed by atoms with Crippen molar-refractivity contribution in [2.24, 2.45) is 0 Å². The van der Waals surface area contributed by atoms with Gasteiger partial charge in [0.2, 0.25) is 11.8 Å². The minimum Gasteiger partial charge on any atom is -0.326 e. The second-order valence-electron chi connectivity index (χ2n) is 5.32. The molecule has 0 aliphatic carbocycles. The molecule has 2 rings (SSSR count). The largest absolute Gasteiger partial charge is 0.417 e. The van der Waals surface area contributed by atoms with E-state index in [1.807, 2.05) is 0 Å². The summed E-state index contributed by atoms with van der Waals surface area (Å²) in [5.41, 5.74) is -1.33. The molecule has 138 valence electrons. The molecule has 0 aliphatic heterocycles. The number of carbonyl (C=O) groups excluding carboxylic acids is 2. The van der Waals surface area contributed by atoms with Gasteiger partial charge < -0.3 is 15.2 Å². The van der Waals surface area contributed by atoms with Crippen LogP contribution in [0.15, 0.2) is 41.3 Å². The number of anilines is 2. The summed E-state index contributed by atoms with van der Waals surface area (Å²) >= 11 is 5.53. The number of pyridine rings is 1. The monoisotopic (exact) mass is 387 g/mol. The number of rotatable bonds is 4. The second-order valence-corrected chi connectivity index (χ2v) is 5.72. The van der Waals surface area contributed by atoms with E-state index in [1.165, 1.54) is 19.1 Å². The third kappa shape index (κ3) is 5.09. The van der Waals surface area contributed by atoms with Gasteiger partial charge in [0.05, 0.1) is 5.56 Å². The van der Waals surface area contributed by atoms with Gasteiger partial charge in [0.25, 0.3) is 5.56 Å². The molecule has 1 aromatic carbocycles. The highest BCUT2D eigenvalue weighted by atomic mass is 35.5. The van der Waals surface area contributed by atoms with Crippen LogP contribution in [0.25, 0.3) is 0 Å². The van der Waals surface area contributed by atoms with Gasteiger partial charge in [-0.3, -0.25) is 14.4 Å². The summed E-state index contributed by atoms with van der Waals surface area (Å²) in [6, 6.07) is 6.64. The van der Waals surface area contributed by atoms with E-state index >= 15 is 0 Å². The maximum Gasteiger partial charge on any atom is 0.417 e. The second kappa shape index (κ2) is 7.61. The predicted molar refractivity (Wildman–Crippen MR) is 90.1 cm³/mol. The number of nitrogens with one attached hydrogen (secondary N) is 2. The standard InChI is InChI=1S/C16H13ClF3N3O3/c1-9(24)21-11-3-2-4-12(6-11)22-14(25)8-23-7-10(16(18,19)20)5-13(17)15(23)26/h2-7H,8H2,1H3,(H,21,24)(H,22,25). The van der Waals surface area contributed by atoms with E-state index in [4.69, 9.17) is 11.6 Å². The molecule has 2 aromatic rings. The molecule has 2 amide bonds. The predicted octanol–water partition coefficient (Wildman–Crippen LogP) is 3.12. The highest BCUT2D eigenvalue weighted by Crippen LogP contribution is 2.29. The number of hydrogen-bond acceptors (Lipinski definition) is 3. The fourth-order valence-corrected chi connectivity index (χ4v) is 2.33. The average molecular weight is 388 g/mol. The average Bonchev–Trinajstić information content (AvgIpc) is 2.50. The Morgan fingerprint density at radius 2 is 1.77 bits per heavy atom. The summed E-state index contributed by atoms with van der Waals surface area (Å²) in [6.07, 6.45) is -4.18. The first kappa shape index (κ1) is 19.5. The molecule has 0 unspecified atom stereocenters. The number of aromatic nitrogens is 1. The van der Waals surface area contributed by atoms with Gasteiger partial charge in [-0.25, -0.2) is 0 Å². The van der Waals surface area contributed by atoms with Crippen molar-refractivity contribution in [1.29, 1.82) is 0 Å². The molecule has 0 radical (unpaired) electrons. The van der Waals surface area contributed by atoms with Crippen molar-refractivity contribution in [3.05, 3.63) is 57.5 Å². The minimum absolute atomic E-state index is 0.298. The highest BCUT2D eigenvalue weighted by molar-refractivity contribution is 6.30. The van der Waals surface area contributed by atoms with Crippen LogP contribution in [0.4, 0.5) is 24.5 Å². The Labute approximate surface area is 150 Å². The quantitative estimate of drug-likeness (QED) is 0.846. The van der Waals surface area contributed by atoms with Crippen molar-refractivity contribution in [3.63, 3.8) is 0 Å². The van der Waals surface area contributed by atoms with Crippen LogP contribution in [-0.4, -0.2) is 16.4 Å². The molecule has 2 N–H and O–H groups in total. The number of halogens is 4. The Kier molecular flexibility index (Phi) is 5.71. The Morgan fingerprint density at radius 3 is 2.35 bits per heavy atom. The fourth-order valence-electron chi connectivity index (χ4n) is 2.10. The normalized spacial score (nSPS) is 11.1. The zero-order chi connectivity index (χ0) is 19.5. The van der Waals surface area contributed by atoms with Gasteiger partial charge in [0.15, 0.2) is 0 Å². The molecule has 10 heteroatoms. The maximum absolute atomic E-state index is 12.8. The summed E-state index contributed by atoms with van der Waals surface area (Å²) in [7, 11) is 0. The van der Waals surface area contributed by atoms with E-state index in [1.54, 1.807) is 12.1 Å². The van der Waals surface area contributed by atoms with Gasteiger partial charge in [-0.15, -0.1) is 0 Å². The van der Waals surface area contributed by atoms with Crippen molar-refractivity contribution >= 4 is 34.8 Å². The summed E-state index contributed by atoms with van der Waals surface area (Å²) in [5, 5.41) is 4.32. The number of amides is 2. The van der Waals surface area contributed by atoms with Crippen molar-refractivity contribution in [3.8, 4) is 0 Å². The molecule has 0 aliphatic rings. The van der Waals surface area contributed by atoms with Crippen LogP contribution in [0.5, 0.6) is 0 Å². The number of nitrogens with zero attached hydrogens (tertiary/aromatic N) is 1. The molecule has 0 bridgehead atoms. The first-order valence-electron chi connectivity index (χ1n) is 7.21. The van der Waals surface area contributed by atoms with Crippen LogP contribution < -0.4 is 16.2 Å². The summed E-state index contributed by atoms with van der Waals surface area (Å²) < 4.78 is 39.0. The first-order valence-corrected chi connectivity index (χ1v) is 7.59. The van der Waals surface area contributed by atoms with Crippen molar-refractivity contribution in [1.82, 2.24) is 4.57 Å². The van der Waals surface area contributed by atoms with Gasteiger partial charge in [-0.1, -0.05) is 17.7 Å². The van der Waals surface area contributed by atoms with E-state index in [0.717, 1.165) is 0 Å². The Hall–Kier alpha value is -2.81. The molecule has 0 saturated carbocycles. The van der Waals surface area contributed by atoms with E-state index in [2.05, 4.69) is 10.6 Å². The highest BCUT2D eigenvalue weighted by Gasteiger charge is 2.32. The molecular weight excluding hydrogens is 375 g/mol.